The highest BCUT2D eigenvalue weighted by atomic mass is 16.3. The molecule has 1 aromatic rings. The van der Waals surface area contributed by atoms with Crippen molar-refractivity contribution in [1.29, 1.82) is 0 Å². The maximum atomic E-state index is 12.9. The molecule has 1 aromatic carbocycles. The van der Waals surface area contributed by atoms with Crippen molar-refractivity contribution in [2.45, 2.75) is 38.5 Å². The lowest BCUT2D eigenvalue weighted by Crippen LogP contribution is -2.46. The van der Waals surface area contributed by atoms with Gasteiger partial charge in [0.05, 0.1) is 5.41 Å². The minimum absolute atomic E-state index is 0.0764. The summed E-state index contributed by atoms with van der Waals surface area (Å²) in [6.45, 7) is 0.398. The second-order valence-corrected chi connectivity index (χ2v) is 5.78. The SMILES string of the molecule is CN(C(=O)C1(CN)CCCCCC1)c1cccc(O)c1. The molecule has 1 aliphatic carbocycles. The third-order valence-corrected chi connectivity index (χ3v) is 4.43. The van der Waals surface area contributed by atoms with Crippen molar-refractivity contribution in [3.63, 3.8) is 0 Å². The summed E-state index contributed by atoms with van der Waals surface area (Å²) in [6.07, 6.45) is 6.24. The molecule has 0 atom stereocenters. The predicted octanol–water partition coefficient (Wildman–Crippen LogP) is 2.65. The second kappa shape index (κ2) is 6.27. The summed E-state index contributed by atoms with van der Waals surface area (Å²) in [5.74, 6) is 0.248. The molecule has 0 aliphatic heterocycles. The average molecular weight is 276 g/mol. The van der Waals surface area contributed by atoms with Crippen LogP contribution in [0.2, 0.25) is 0 Å². The minimum Gasteiger partial charge on any atom is -0.508 e. The smallest absolute Gasteiger partial charge is 0.234 e. The van der Waals surface area contributed by atoms with Crippen LogP contribution in [0, 0.1) is 5.41 Å². The van der Waals surface area contributed by atoms with E-state index in [-0.39, 0.29) is 11.7 Å². The summed E-state index contributed by atoms with van der Waals surface area (Å²) in [4.78, 5) is 14.5. The Bertz CT molecular complexity index is 465. The number of carbonyl (C=O) groups is 1. The van der Waals surface area contributed by atoms with Crippen LogP contribution in [0.5, 0.6) is 5.75 Å². The number of hydrogen-bond donors (Lipinski definition) is 2. The predicted molar refractivity (Wildman–Crippen MR) is 80.7 cm³/mol. The molecule has 0 bridgehead atoms. The Morgan fingerprint density at radius 1 is 1.30 bits per heavy atom. The van der Waals surface area contributed by atoms with Gasteiger partial charge in [-0.25, -0.2) is 0 Å². The highest BCUT2D eigenvalue weighted by Gasteiger charge is 2.39. The van der Waals surface area contributed by atoms with E-state index in [0.29, 0.717) is 12.2 Å². The molecule has 1 amide bonds. The van der Waals surface area contributed by atoms with Crippen molar-refractivity contribution in [1.82, 2.24) is 0 Å². The van der Waals surface area contributed by atoms with Gasteiger partial charge in [0.25, 0.3) is 0 Å². The lowest BCUT2D eigenvalue weighted by Gasteiger charge is -2.34. The number of anilines is 1. The van der Waals surface area contributed by atoms with E-state index >= 15 is 0 Å². The lowest BCUT2D eigenvalue weighted by atomic mass is 9.79. The number of nitrogens with zero attached hydrogens (tertiary/aromatic N) is 1. The minimum atomic E-state index is -0.434. The second-order valence-electron chi connectivity index (χ2n) is 5.78. The molecule has 110 valence electrons. The molecular weight excluding hydrogens is 252 g/mol. The lowest BCUT2D eigenvalue weighted by molar-refractivity contribution is -0.128. The summed E-state index contributed by atoms with van der Waals surface area (Å²) in [5, 5.41) is 9.56. The Kier molecular flexibility index (Phi) is 4.65. The van der Waals surface area contributed by atoms with Gasteiger partial charge in [-0.15, -0.1) is 0 Å². The zero-order chi connectivity index (χ0) is 14.6. The van der Waals surface area contributed by atoms with Crippen LogP contribution in [0.25, 0.3) is 0 Å². The first kappa shape index (κ1) is 14.9. The summed E-state index contributed by atoms with van der Waals surface area (Å²) in [6, 6.07) is 6.79. The van der Waals surface area contributed by atoms with E-state index in [2.05, 4.69) is 0 Å². The van der Waals surface area contributed by atoms with Crippen molar-refractivity contribution in [2.24, 2.45) is 11.1 Å². The van der Waals surface area contributed by atoms with Crippen LogP contribution >= 0.6 is 0 Å². The van der Waals surface area contributed by atoms with Crippen molar-refractivity contribution < 1.29 is 9.90 Å². The van der Waals surface area contributed by atoms with Gasteiger partial charge in [0, 0.05) is 25.3 Å². The number of phenolic OH excluding ortho intramolecular Hbond substituents is 1. The monoisotopic (exact) mass is 276 g/mol. The first-order chi connectivity index (χ1) is 9.59. The summed E-state index contributed by atoms with van der Waals surface area (Å²) >= 11 is 0. The number of hydrogen-bond acceptors (Lipinski definition) is 3. The van der Waals surface area contributed by atoms with Gasteiger partial charge in [-0.1, -0.05) is 31.7 Å². The topological polar surface area (TPSA) is 66.6 Å². The first-order valence-corrected chi connectivity index (χ1v) is 7.36. The number of aromatic hydroxyl groups is 1. The van der Waals surface area contributed by atoms with Gasteiger partial charge in [-0.05, 0) is 25.0 Å². The van der Waals surface area contributed by atoms with Gasteiger partial charge in [0.1, 0.15) is 5.75 Å². The Balaban J connectivity index is 2.23. The molecule has 0 spiro atoms. The summed E-state index contributed by atoms with van der Waals surface area (Å²) in [7, 11) is 1.76. The van der Waals surface area contributed by atoms with Crippen LogP contribution in [-0.2, 0) is 4.79 Å². The number of amides is 1. The van der Waals surface area contributed by atoms with Crippen LogP contribution in [0.3, 0.4) is 0 Å². The quantitative estimate of drug-likeness (QED) is 0.834. The standard InChI is InChI=1S/C16H24N2O2/c1-18(13-7-6-8-14(19)11-13)15(20)16(12-17)9-4-2-3-5-10-16/h6-8,11,19H,2-5,9-10,12,17H2,1H3. The van der Waals surface area contributed by atoms with E-state index in [1.807, 2.05) is 6.07 Å². The Morgan fingerprint density at radius 3 is 2.50 bits per heavy atom. The first-order valence-electron chi connectivity index (χ1n) is 7.36. The zero-order valence-corrected chi connectivity index (χ0v) is 12.1. The molecule has 0 heterocycles. The molecule has 0 aromatic heterocycles. The Hall–Kier alpha value is -1.55. The van der Waals surface area contributed by atoms with Crippen LogP contribution in [0.15, 0.2) is 24.3 Å². The van der Waals surface area contributed by atoms with Gasteiger partial charge in [0.15, 0.2) is 0 Å². The molecular formula is C16H24N2O2. The summed E-state index contributed by atoms with van der Waals surface area (Å²) in [5.41, 5.74) is 6.24. The number of rotatable bonds is 3. The molecule has 3 N–H and O–H groups in total. The summed E-state index contributed by atoms with van der Waals surface area (Å²) < 4.78 is 0. The third kappa shape index (κ3) is 2.96. The van der Waals surface area contributed by atoms with Gasteiger partial charge >= 0.3 is 0 Å². The van der Waals surface area contributed by atoms with Crippen molar-refractivity contribution in [3.8, 4) is 5.75 Å². The van der Waals surface area contributed by atoms with E-state index in [1.165, 1.54) is 12.8 Å². The fourth-order valence-electron chi connectivity index (χ4n) is 3.09. The zero-order valence-electron chi connectivity index (χ0n) is 12.1. The highest BCUT2D eigenvalue weighted by Crippen LogP contribution is 2.37. The fraction of sp³-hybridized carbons (Fsp3) is 0.562. The van der Waals surface area contributed by atoms with Gasteiger partial charge in [-0.3, -0.25) is 4.79 Å². The molecule has 20 heavy (non-hydrogen) atoms. The molecule has 2 rings (SSSR count). The fourth-order valence-corrected chi connectivity index (χ4v) is 3.09. The Labute approximate surface area is 120 Å². The van der Waals surface area contributed by atoms with E-state index < -0.39 is 5.41 Å². The number of carbonyl (C=O) groups excluding carboxylic acids is 1. The van der Waals surface area contributed by atoms with Crippen molar-refractivity contribution in [2.75, 3.05) is 18.5 Å². The van der Waals surface area contributed by atoms with E-state index in [0.717, 1.165) is 25.7 Å². The van der Waals surface area contributed by atoms with E-state index in [9.17, 15) is 9.90 Å². The molecule has 0 unspecified atom stereocenters. The largest absolute Gasteiger partial charge is 0.508 e. The van der Waals surface area contributed by atoms with Crippen LogP contribution in [0.4, 0.5) is 5.69 Å². The molecule has 1 aliphatic rings. The Morgan fingerprint density at radius 2 is 1.95 bits per heavy atom. The van der Waals surface area contributed by atoms with Crippen LogP contribution < -0.4 is 10.6 Å². The molecule has 4 nitrogen and oxygen atoms in total. The maximum absolute atomic E-state index is 12.9. The van der Waals surface area contributed by atoms with Gasteiger partial charge in [-0.2, -0.15) is 0 Å². The number of benzene rings is 1. The highest BCUT2D eigenvalue weighted by molar-refractivity contribution is 5.97. The average Bonchev–Trinajstić information content (AvgIpc) is 2.72. The van der Waals surface area contributed by atoms with Crippen molar-refractivity contribution in [3.05, 3.63) is 24.3 Å². The van der Waals surface area contributed by atoms with E-state index in [1.54, 1.807) is 30.1 Å². The number of nitrogens with two attached hydrogens (primary N) is 1. The third-order valence-electron chi connectivity index (χ3n) is 4.43. The van der Waals surface area contributed by atoms with Crippen LogP contribution in [-0.4, -0.2) is 24.6 Å². The normalized spacial score (nSPS) is 18.3. The van der Waals surface area contributed by atoms with Crippen molar-refractivity contribution >= 4 is 11.6 Å². The molecule has 0 saturated heterocycles. The molecule has 1 saturated carbocycles. The van der Waals surface area contributed by atoms with Gasteiger partial charge < -0.3 is 15.7 Å². The molecule has 4 heteroatoms. The van der Waals surface area contributed by atoms with Gasteiger partial charge in [0.2, 0.25) is 5.91 Å². The molecule has 1 fully saturated rings. The molecule has 0 radical (unpaired) electrons. The van der Waals surface area contributed by atoms with E-state index in [4.69, 9.17) is 5.73 Å². The number of phenols is 1. The van der Waals surface area contributed by atoms with Crippen LogP contribution in [0.1, 0.15) is 38.5 Å². The maximum Gasteiger partial charge on any atom is 0.234 e.